The number of benzene rings is 1. The normalized spacial score (nSPS) is 19.2. The van der Waals surface area contributed by atoms with Gasteiger partial charge < -0.3 is 0 Å². The first kappa shape index (κ1) is 16.0. The number of imide groups is 2. The van der Waals surface area contributed by atoms with Crippen LogP contribution < -0.4 is 10.2 Å². The van der Waals surface area contributed by atoms with Crippen molar-refractivity contribution in [3.8, 4) is 0 Å². The van der Waals surface area contributed by atoms with Crippen molar-refractivity contribution >= 4 is 51.1 Å². The summed E-state index contributed by atoms with van der Waals surface area (Å²) < 4.78 is 0.560. The largest absolute Gasteiger partial charge is 0.335 e. The third-order valence-corrected chi connectivity index (χ3v) is 4.38. The molecule has 0 aliphatic carbocycles. The lowest BCUT2D eigenvalue weighted by Gasteiger charge is -2.32. The molecule has 0 aromatic heterocycles. The number of anilines is 1. The van der Waals surface area contributed by atoms with Gasteiger partial charge in [-0.25, -0.2) is 9.69 Å². The molecule has 112 valence electrons. The number of hydrogen-bond acceptors (Lipinski definition) is 3. The molecule has 1 heterocycles. The highest BCUT2D eigenvalue weighted by Crippen LogP contribution is 2.34. The molecular weight excluding hydrogens is 360 g/mol. The Kier molecular flexibility index (Phi) is 4.39. The minimum absolute atomic E-state index is 0.215. The summed E-state index contributed by atoms with van der Waals surface area (Å²) in [5, 5.41) is 2.65. The van der Waals surface area contributed by atoms with E-state index in [1.807, 2.05) is 6.92 Å². The molecule has 5 nitrogen and oxygen atoms in total. The summed E-state index contributed by atoms with van der Waals surface area (Å²) in [4.78, 5) is 37.3. The highest BCUT2D eigenvalue weighted by Gasteiger charge is 2.43. The fraction of sp³-hybridized carbons (Fsp3) is 0.357. The standard InChI is InChI=1S/C14H14BrClN2O3/c1-6(2)11-12(19)17-14(21)18(13(11)20)10-5-9(16)7(3)4-8(10)15/h4-6,11H,1-3H3,(H,17,19,21). The van der Waals surface area contributed by atoms with Gasteiger partial charge in [-0.2, -0.15) is 0 Å². The van der Waals surface area contributed by atoms with Crippen LogP contribution in [0.3, 0.4) is 0 Å². The molecule has 7 heteroatoms. The Hall–Kier alpha value is -1.40. The fourth-order valence-electron chi connectivity index (χ4n) is 2.21. The molecule has 1 aliphatic rings. The second-order valence-corrected chi connectivity index (χ2v) is 6.50. The Morgan fingerprint density at radius 3 is 2.48 bits per heavy atom. The average Bonchev–Trinajstić information content (AvgIpc) is 2.34. The van der Waals surface area contributed by atoms with Gasteiger partial charge in [0.1, 0.15) is 5.92 Å². The first-order valence-corrected chi connectivity index (χ1v) is 7.55. The summed E-state index contributed by atoms with van der Waals surface area (Å²) in [6.07, 6.45) is 0. The predicted octanol–water partition coefficient (Wildman–Crippen LogP) is 3.27. The monoisotopic (exact) mass is 372 g/mol. The van der Waals surface area contributed by atoms with Crippen LogP contribution in [0, 0.1) is 18.8 Å². The van der Waals surface area contributed by atoms with E-state index in [-0.39, 0.29) is 5.92 Å². The molecule has 1 unspecified atom stereocenters. The molecule has 1 aromatic carbocycles. The fourth-order valence-corrected chi connectivity index (χ4v) is 3.01. The van der Waals surface area contributed by atoms with Crippen LogP contribution in [0.15, 0.2) is 16.6 Å². The van der Waals surface area contributed by atoms with Gasteiger partial charge in [-0.05, 0) is 46.5 Å². The molecule has 0 spiro atoms. The van der Waals surface area contributed by atoms with E-state index < -0.39 is 23.8 Å². The number of nitrogens with one attached hydrogen (secondary N) is 1. The first-order valence-electron chi connectivity index (χ1n) is 6.38. The van der Waals surface area contributed by atoms with Crippen LogP contribution in [0.2, 0.25) is 5.02 Å². The van der Waals surface area contributed by atoms with Gasteiger partial charge in [0, 0.05) is 9.50 Å². The topological polar surface area (TPSA) is 66.5 Å². The van der Waals surface area contributed by atoms with Crippen LogP contribution in [0.1, 0.15) is 19.4 Å². The second kappa shape index (κ2) is 5.77. The number of amides is 4. The number of halogens is 2. The lowest BCUT2D eigenvalue weighted by Crippen LogP contribution is -2.59. The van der Waals surface area contributed by atoms with Crippen LogP contribution in [-0.2, 0) is 9.59 Å². The van der Waals surface area contributed by atoms with Crippen LogP contribution in [0.4, 0.5) is 10.5 Å². The number of aryl methyl sites for hydroxylation is 1. The van der Waals surface area contributed by atoms with Gasteiger partial charge in [-0.15, -0.1) is 0 Å². The lowest BCUT2D eigenvalue weighted by atomic mass is 9.92. The number of hydrogen-bond donors (Lipinski definition) is 1. The van der Waals surface area contributed by atoms with Gasteiger partial charge in [-0.1, -0.05) is 25.4 Å². The minimum atomic E-state index is -0.894. The number of carbonyl (C=O) groups excluding carboxylic acids is 3. The van der Waals surface area contributed by atoms with E-state index in [4.69, 9.17) is 11.6 Å². The third kappa shape index (κ3) is 2.82. The molecular formula is C14H14BrClN2O3. The number of rotatable bonds is 2. The second-order valence-electron chi connectivity index (χ2n) is 5.24. The van der Waals surface area contributed by atoms with Crippen molar-refractivity contribution in [3.05, 3.63) is 27.2 Å². The zero-order valence-corrected chi connectivity index (χ0v) is 14.1. The maximum absolute atomic E-state index is 12.5. The number of barbiturate groups is 1. The zero-order chi connectivity index (χ0) is 15.9. The summed E-state index contributed by atoms with van der Waals surface area (Å²) in [5.74, 6) is -2.22. The van der Waals surface area contributed by atoms with Crippen molar-refractivity contribution in [3.63, 3.8) is 0 Å². The van der Waals surface area contributed by atoms with Gasteiger partial charge in [0.25, 0.3) is 0 Å². The molecule has 1 aromatic rings. The van der Waals surface area contributed by atoms with Gasteiger partial charge in [0.05, 0.1) is 5.69 Å². The lowest BCUT2D eigenvalue weighted by molar-refractivity contribution is -0.136. The molecule has 1 atom stereocenters. The smallest absolute Gasteiger partial charge is 0.277 e. The van der Waals surface area contributed by atoms with Crippen molar-refractivity contribution < 1.29 is 14.4 Å². The average molecular weight is 374 g/mol. The molecule has 0 saturated carbocycles. The number of nitrogens with zero attached hydrogens (tertiary/aromatic N) is 1. The Labute approximate surface area is 135 Å². The summed E-state index contributed by atoms with van der Waals surface area (Å²) in [6, 6.07) is 2.49. The molecule has 1 fully saturated rings. The SMILES string of the molecule is Cc1cc(Br)c(N2C(=O)NC(=O)C(C(C)C)C2=O)cc1Cl. The van der Waals surface area contributed by atoms with Crippen molar-refractivity contribution in [2.45, 2.75) is 20.8 Å². The highest BCUT2D eigenvalue weighted by atomic mass is 79.9. The molecule has 21 heavy (non-hydrogen) atoms. The van der Waals surface area contributed by atoms with Crippen LogP contribution in [-0.4, -0.2) is 17.8 Å². The highest BCUT2D eigenvalue weighted by molar-refractivity contribution is 9.10. The Bertz CT molecular complexity index is 645. The first-order chi connectivity index (χ1) is 9.73. The summed E-state index contributed by atoms with van der Waals surface area (Å²) in [7, 11) is 0. The molecule has 1 saturated heterocycles. The van der Waals surface area contributed by atoms with E-state index in [0.717, 1.165) is 10.5 Å². The van der Waals surface area contributed by atoms with Crippen LogP contribution >= 0.6 is 27.5 Å². The van der Waals surface area contributed by atoms with Crippen molar-refractivity contribution in [2.75, 3.05) is 4.90 Å². The molecule has 2 rings (SSSR count). The Morgan fingerprint density at radius 2 is 1.90 bits per heavy atom. The molecule has 4 amide bonds. The Morgan fingerprint density at radius 1 is 1.29 bits per heavy atom. The summed E-state index contributed by atoms with van der Waals surface area (Å²) >= 11 is 9.40. The van der Waals surface area contributed by atoms with Gasteiger partial charge >= 0.3 is 6.03 Å². The minimum Gasteiger partial charge on any atom is -0.277 e. The number of urea groups is 1. The summed E-state index contributed by atoms with van der Waals surface area (Å²) in [5.41, 5.74) is 1.14. The van der Waals surface area contributed by atoms with E-state index in [2.05, 4.69) is 21.2 Å². The van der Waals surface area contributed by atoms with E-state index in [1.54, 1.807) is 19.9 Å². The predicted molar refractivity (Wildman–Crippen MR) is 83.2 cm³/mol. The summed E-state index contributed by atoms with van der Waals surface area (Å²) in [6.45, 7) is 5.33. The van der Waals surface area contributed by atoms with E-state index in [0.29, 0.717) is 15.2 Å². The van der Waals surface area contributed by atoms with Crippen molar-refractivity contribution in [2.24, 2.45) is 11.8 Å². The zero-order valence-electron chi connectivity index (χ0n) is 11.7. The molecule has 0 radical (unpaired) electrons. The quantitative estimate of drug-likeness (QED) is 0.809. The van der Waals surface area contributed by atoms with Gasteiger partial charge in [0.2, 0.25) is 11.8 Å². The van der Waals surface area contributed by atoms with Crippen molar-refractivity contribution in [1.82, 2.24) is 5.32 Å². The molecule has 0 bridgehead atoms. The van der Waals surface area contributed by atoms with Gasteiger partial charge in [0.15, 0.2) is 0 Å². The molecule has 1 N–H and O–H groups in total. The van der Waals surface area contributed by atoms with Crippen LogP contribution in [0.5, 0.6) is 0 Å². The maximum Gasteiger partial charge on any atom is 0.335 e. The third-order valence-electron chi connectivity index (χ3n) is 3.34. The van der Waals surface area contributed by atoms with Crippen molar-refractivity contribution in [1.29, 1.82) is 0 Å². The number of carbonyl (C=O) groups is 3. The molecule has 1 aliphatic heterocycles. The van der Waals surface area contributed by atoms with Crippen LogP contribution in [0.25, 0.3) is 0 Å². The van der Waals surface area contributed by atoms with E-state index in [9.17, 15) is 14.4 Å². The Balaban J connectivity index is 2.52. The maximum atomic E-state index is 12.5. The van der Waals surface area contributed by atoms with Gasteiger partial charge in [-0.3, -0.25) is 14.9 Å². The van der Waals surface area contributed by atoms with E-state index in [1.165, 1.54) is 6.07 Å². The van der Waals surface area contributed by atoms with E-state index >= 15 is 0 Å².